The molecule has 1 saturated heterocycles. The standard InChI is InChI=1S/C24H35N3O.C13H13F6NO/c1-6-14-26(7-2)20-12-15-27(16-13-20)23-17-22(19(4)24(25-23)28-5)21-11-9-8-10-18(21)3;1-3-20(8(2)21)7-9-4-10(12(14,15)16)6-11(5-9)13(17,18)19/h8-11,17,20H,6-7,12-16H2,1-5H3;4-6H,3,7H2,1-2H3. The van der Waals surface area contributed by atoms with Crippen LogP contribution in [0.15, 0.2) is 48.5 Å². The number of hydrogen-bond donors (Lipinski definition) is 0. The molecule has 2 aromatic carbocycles. The largest absolute Gasteiger partial charge is 0.481 e. The summed E-state index contributed by atoms with van der Waals surface area (Å²) in [6.45, 7) is 15.9. The monoisotopic (exact) mass is 694 g/mol. The summed E-state index contributed by atoms with van der Waals surface area (Å²) in [5, 5.41) is 0. The van der Waals surface area contributed by atoms with Gasteiger partial charge in [-0.15, -0.1) is 0 Å². The summed E-state index contributed by atoms with van der Waals surface area (Å²) in [7, 11) is 1.72. The average molecular weight is 695 g/mol. The number of halogens is 6. The van der Waals surface area contributed by atoms with Gasteiger partial charge in [-0.1, -0.05) is 38.1 Å². The van der Waals surface area contributed by atoms with Crippen LogP contribution in [0.25, 0.3) is 11.1 Å². The SMILES string of the molecule is CCCN(CC)C1CCN(c2cc(-c3ccccc3C)c(C)c(OC)n2)CC1.CCN(Cc1cc(C(F)(F)F)cc(C(F)(F)F)c1)C(C)=O. The van der Waals surface area contributed by atoms with Crippen molar-refractivity contribution < 1.29 is 35.9 Å². The first kappa shape index (κ1) is 39.6. The zero-order valence-electron chi connectivity index (χ0n) is 29.4. The van der Waals surface area contributed by atoms with Crippen molar-refractivity contribution in [1.82, 2.24) is 14.8 Å². The third-order valence-electron chi connectivity index (χ3n) is 8.91. The zero-order chi connectivity index (χ0) is 36.5. The molecule has 0 saturated carbocycles. The summed E-state index contributed by atoms with van der Waals surface area (Å²) >= 11 is 0. The predicted octanol–water partition coefficient (Wildman–Crippen LogP) is 9.17. The molecular weight excluding hydrogens is 646 g/mol. The van der Waals surface area contributed by atoms with Crippen LogP contribution in [0, 0.1) is 13.8 Å². The fraction of sp³-hybridized carbons (Fsp3) is 0.514. The van der Waals surface area contributed by atoms with Crippen molar-refractivity contribution in [3.05, 3.63) is 76.3 Å². The fourth-order valence-corrected chi connectivity index (χ4v) is 6.21. The maximum atomic E-state index is 12.7. The molecule has 0 spiro atoms. The van der Waals surface area contributed by atoms with Gasteiger partial charge in [-0.3, -0.25) is 4.79 Å². The number of benzene rings is 2. The van der Waals surface area contributed by atoms with E-state index in [0.29, 0.717) is 18.2 Å². The van der Waals surface area contributed by atoms with Crippen LogP contribution in [-0.2, 0) is 23.7 Å². The Hall–Kier alpha value is -3.80. The first-order chi connectivity index (χ1) is 23.0. The van der Waals surface area contributed by atoms with Crippen LogP contribution in [0.1, 0.15) is 74.8 Å². The molecule has 0 unspecified atom stereocenters. The predicted molar refractivity (Wildman–Crippen MR) is 182 cm³/mol. The van der Waals surface area contributed by atoms with E-state index in [1.54, 1.807) is 14.0 Å². The maximum Gasteiger partial charge on any atom is 0.416 e. The van der Waals surface area contributed by atoms with Crippen LogP contribution in [0.3, 0.4) is 0 Å². The van der Waals surface area contributed by atoms with Crippen LogP contribution in [0.2, 0.25) is 0 Å². The van der Waals surface area contributed by atoms with Gasteiger partial charge in [0.2, 0.25) is 11.8 Å². The van der Waals surface area contributed by atoms with Crippen molar-refractivity contribution in [3.63, 3.8) is 0 Å². The van der Waals surface area contributed by atoms with Crippen molar-refractivity contribution in [2.24, 2.45) is 0 Å². The fourth-order valence-electron chi connectivity index (χ4n) is 6.21. The van der Waals surface area contributed by atoms with Gasteiger partial charge < -0.3 is 19.4 Å². The molecule has 0 atom stereocenters. The minimum Gasteiger partial charge on any atom is -0.481 e. The number of alkyl halides is 6. The highest BCUT2D eigenvalue weighted by Gasteiger charge is 2.37. The number of carbonyl (C=O) groups excluding carboxylic acids is 1. The molecule has 4 rings (SSSR count). The third-order valence-corrected chi connectivity index (χ3v) is 8.91. The normalized spacial score (nSPS) is 14.0. The number of amides is 1. The van der Waals surface area contributed by atoms with Gasteiger partial charge in [-0.05, 0) is 99.6 Å². The van der Waals surface area contributed by atoms with E-state index in [2.05, 4.69) is 67.8 Å². The van der Waals surface area contributed by atoms with Gasteiger partial charge in [0.1, 0.15) is 5.82 Å². The van der Waals surface area contributed by atoms with E-state index in [0.717, 1.165) is 41.8 Å². The molecule has 0 bridgehead atoms. The number of aryl methyl sites for hydroxylation is 1. The molecule has 1 fully saturated rings. The van der Waals surface area contributed by atoms with E-state index in [1.165, 1.54) is 49.4 Å². The maximum absolute atomic E-state index is 12.7. The Balaban J connectivity index is 0.000000278. The molecule has 1 aromatic heterocycles. The third kappa shape index (κ3) is 10.6. The van der Waals surface area contributed by atoms with E-state index < -0.39 is 29.4 Å². The van der Waals surface area contributed by atoms with Gasteiger partial charge in [-0.2, -0.15) is 31.3 Å². The molecule has 2 heterocycles. The number of ether oxygens (including phenoxy) is 1. The highest BCUT2D eigenvalue weighted by Crippen LogP contribution is 2.37. The van der Waals surface area contributed by atoms with Crippen molar-refractivity contribution in [3.8, 4) is 17.0 Å². The van der Waals surface area contributed by atoms with Crippen LogP contribution >= 0.6 is 0 Å². The Morgan fingerprint density at radius 2 is 1.49 bits per heavy atom. The number of pyridine rings is 1. The Morgan fingerprint density at radius 1 is 0.898 bits per heavy atom. The smallest absolute Gasteiger partial charge is 0.416 e. The molecular formula is C37H48F6N4O2. The number of methoxy groups -OCH3 is 1. The molecule has 1 aliphatic rings. The quantitative estimate of drug-likeness (QED) is 0.198. The number of hydrogen-bond acceptors (Lipinski definition) is 5. The summed E-state index contributed by atoms with van der Waals surface area (Å²) in [4.78, 5) is 22.3. The molecule has 49 heavy (non-hydrogen) atoms. The second-order valence-electron chi connectivity index (χ2n) is 12.3. The van der Waals surface area contributed by atoms with Crippen molar-refractivity contribution in [2.45, 2.75) is 85.7 Å². The van der Waals surface area contributed by atoms with Crippen molar-refractivity contribution in [1.29, 1.82) is 0 Å². The highest BCUT2D eigenvalue weighted by molar-refractivity contribution is 5.75. The van der Waals surface area contributed by atoms with Crippen LogP contribution in [-0.4, -0.2) is 66.6 Å². The van der Waals surface area contributed by atoms with E-state index in [1.807, 2.05) is 0 Å². The van der Waals surface area contributed by atoms with Crippen LogP contribution < -0.4 is 9.64 Å². The van der Waals surface area contributed by atoms with Gasteiger partial charge >= 0.3 is 12.4 Å². The molecule has 0 aliphatic carbocycles. The van der Waals surface area contributed by atoms with Gasteiger partial charge in [-0.25, -0.2) is 0 Å². The van der Waals surface area contributed by atoms with Crippen LogP contribution in [0.5, 0.6) is 5.88 Å². The number of piperidine rings is 1. The molecule has 0 N–H and O–H groups in total. The molecule has 1 aliphatic heterocycles. The van der Waals surface area contributed by atoms with Gasteiger partial charge in [0.25, 0.3) is 0 Å². The number of anilines is 1. The van der Waals surface area contributed by atoms with Gasteiger partial charge in [0.15, 0.2) is 0 Å². The first-order valence-corrected chi connectivity index (χ1v) is 16.7. The molecule has 270 valence electrons. The van der Waals surface area contributed by atoms with Gasteiger partial charge in [0, 0.05) is 44.7 Å². The lowest BCUT2D eigenvalue weighted by atomic mass is 9.97. The van der Waals surface area contributed by atoms with E-state index in [4.69, 9.17) is 9.72 Å². The first-order valence-electron chi connectivity index (χ1n) is 16.7. The Labute approximate surface area is 286 Å². The number of carbonyl (C=O) groups is 1. The minimum atomic E-state index is -4.89. The number of rotatable bonds is 10. The Bertz CT molecular complexity index is 1500. The van der Waals surface area contributed by atoms with Crippen molar-refractivity contribution >= 4 is 11.7 Å². The zero-order valence-corrected chi connectivity index (χ0v) is 29.4. The number of nitrogens with zero attached hydrogens (tertiary/aromatic N) is 4. The van der Waals surface area contributed by atoms with E-state index >= 15 is 0 Å². The lowest BCUT2D eigenvalue weighted by Crippen LogP contribution is -2.45. The van der Waals surface area contributed by atoms with E-state index in [-0.39, 0.29) is 24.7 Å². The van der Waals surface area contributed by atoms with Gasteiger partial charge in [0.05, 0.1) is 18.2 Å². The summed E-state index contributed by atoms with van der Waals surface area (Å²) < 4.78 is 81.6. The summed E-state index contributed by atoms with van der Waals surface area (Å²) in [6.07, 6.45) is -6.14. The molecule has 6 nitrogen and oxygen atoms in total. The lowest BCUT2D eigenvalue weighted by molar-refractivity contribution is -0.143. The highest BCUT2D eigenvalue weighted by atomic mass is 19.4. The van der Waals surface area contributed by atoms with Crippen LogP contribution in [0.4, 0.5) is 32.2 Å². The Morgan fingerprint density at radius 3 is 1.96 bits per heavy atom. The number of aromatic nitrogens is 1. The average Bonchev–Trinajstić information content (AvgIpc) is 3.06. The molecule has 0 radical (unpaired) electrons. The molecule has 1 amide bonds. The Kier molecular flexibility index (Phi) is 13.9. The minimum absolute atomic E-state index is 0.0630. The lowest BCUT2D eigenvalue weighted by Gasteiger charge is -2.38. The second kappa shape index (κ2) is 17.2. The molecule has 12 heteroatoms. The summed E-state index contributed by atoms with van der Waals surface area (Å²) in [5.41, 5.74) is 1.89. The summed E-state index contributed by atoms with van der Waals surface area (Å²) in [5.74, 6) is 1.35. The molecule has 3 aromatic rings. The topological polar surface area (TPSA) is 48.9 Å². The summed E-state index contributed by atoms with van der Waals surface area (Å²) in [6, 6.07) is 12.8. The van der Waals surface area contributed by atoms with Crippen molar-refractivity contribution in [2.75, 3.05) is 44.7 Å². The second-order valence-corrected chi connectivity index (χ2v) is 12.3. The van der Waals surface area contributed by atoms with E-state index in [9.17, 15) is 31.1 Å².